The molecular formula is C22H27N3O2S. The van der Waals surface area contributed by atoms with E-state index >= 15 is 0 Å². The van der Waals surface area contributed by atoms with Crippen molar-refractivity contribution in [2.24, 2.45) is 0 Å². The molecule has 28 heavy (non-hydrogen) atoms. The summed E-state index contributed by atoms with van der Waals surface area (Å²) in [5.41, 5.74) is 2.66. The Bertz CT molecular complexity index is 968. The number of piperazine rings is 1. The second kappa shape index (κ2) is 7.94. The molecule has 3 rings (SSSR count). The minimum atomic E-state index is -3.51. The topological polar surface area (TPSA) is 64.4 Å². The Morgan fingerprint density at radius 2 is 1.61 bits per heavy atom. The molecule has 5 nitrogen and oxygen atoms in total. The molecule has 1 aliphatic heterocycles. The number of benzene rings is 2. The van der Waals surface area contributed by atoms with Gasteiger partial charge >= 0.3 is 0 Å². The van der Waals surface area contributed by atoms with Crippen LogP contribution in [-0.2, 0) is 15.4 Å². The van der Waals surface area contributed by atoms with Gasteiger partial charge in [0, 0.05) is 26.2 Å². The molecule has 148 valence electrons. The Labute approximate surface area is 168 Å². The lowest BCUT2D eigenvalue weighted by atomic mass is 9.82. The summed E-state index contributed by atoms with van der Waals surface area (Å²) >= 11 is 0. The first kappa shape index (κ1) is 20.4. The van der Waals surface area contributed by atoms with E-state index in [1.807, 2.05) is 30.3 Å². The van der Waals surface area contributed by atoms with Gasteiger partial charge in [-0.25, -0.2) is 8.42 Å². The molecule has 1 saturated heterocycles. The van der Waals surface area contributed by atoms with Crippen LogP contribution in [0.4, 0.5) is 5.69 Å². The summed E-state index contributed by atoms with van der Waals surface area (Å²) in [7, 11) is -3.51. The van der Waals surface area contributed by atoms with Crippen LogP contribution in [0.2, 0.25) is 0 Å². The summed E-state index contributed by atoms with van der Waals surface area (Å²) < 4.78 is 27.6. The van der Waals surface area contributed by atoms with Gasteiger partial charge in [-0.3, -0.25) is 0 Å². The lowest BCUT2D eigenvalue weighted by molar-refractivity contribution is 0.385. The Hall–Kier alpha value is -2.36. The molecule has 0 saturated carbocycles. The summed E-state index contributed by atoms with van der Waals surface area (Å²) in [6.07, 6.45) is 0.991. The van der Waals surface area contributed by atoms with Gasteiger partial charge in [0.05, 0.1) is 16.1 Å². The van der Waals surface area contributed by atoms with E-state index in [1.165, 1.54) is 0 Å². The number of para-hydroxylation sites is 1. The molecule has 0 spiro atoms. The van der Waals surface area contributed by atoms with Crippen LogP contribution in [0.5, 0.6) is 0 Å². The zero-order valence-corrected chi connectivity index (χ0v) is 17.5. The van der Waals surface area contributed by atoms with Crippen LogP contribution in [0.3, 0.4) is 0 Å². The number of rotatable bonds is 5. The van der Waals surface area contributed by atoms with Crippen molar-refractivity contribution < 1.29 is 8.42 Å². The second-order valence-corrected chi connectivity index (χ2v) is 9.72. The van der Waals surface area contributed by atoms with E-state index in [0.717, 1.165) is 17.7 Å². The number of anilines is 1. The highest BCUT2D eigenvalue weighted by atomic mass is 32.2. The molecule has 2 aromatic carbocycles. The third kappa shape index (κ3) is 3.91. The Morgan fingerprint density at radius 1 is 1.00 bits per heavy atom. The fraction of sp³-hybridized carbons (Fsp3) is 0.409. The fourth-order valence-electron chi connectivity index (χ4n) is 3.44. The second-order valence-electron chi connectivity index (χ2n) is 7.78. The van der Waals surface area contributed by atoms with E-state index in [9.17, 15) is 13.7 Å². The molecule has 0 amide bonds. The minimum absolute atomic E-state index is 0.0298. The van der Waals surface area contributed by atoms with Crippen molar-refractivity contribution in [3.8, 4) is 6.07 Å². The van der Waals surface area contributed by atoms with E-state index in [-0.39, 0.29) is 5.41 Å². The molecule has 0 atom stereocenters. The first-order chi connectivity index (χ1) is 13.3. The molecule has 6 heteroatoms. The van der Waals surface area contributed by atoms with Gasteiger partial charge in [0.25, 0.3) is 0 Å². The van der Waals surface area contributed by atoms with Crippen molar-refractivity contribution in [1.82, 2.24) is 4.31 Å². The third-order valence-electron chi connectivity index (χ3n) is 5.76. The average molecular weight is 398 g/mol. The monoisotopic (exact) mass is 397 g/mol. The van der Waals surface area contributed by atoms with Crippen molar-refractivity contribution >= 4 is 15.7 Å². The maximum Gasteiger partial charge on any atom is 0.243 e. The van der Waals surface area contributed by atoms with Gasteiger partial charge in [-0.05, 0) is 41.7 Å². The molecule has 0 radical (unpaired) electrons. The van der Waals surface area contributed by atoms with Crippen LogP contribution in [0, 0.1) is 11.3 Å². The molecule has 1 fully saturated rings. The summed E-state index contributed by atoms with van der Waals surface area (Å²) in [5, 5.41) is 9.29. The molecule has 0 N–H and O–H groups in total. The smallest absolute Gasteiger partial charge is 0.243 e. The maximum atomic E-state index is 13.0. The molecule has 0 aromatic heterocycles. The third-order valence-corrected chi connectivity index (χ3v) is 7.67. The van der Waals surface area contributed by atoms with Crippen molar-refractivity contribution in [1.29, 1.82) is 5.26 Å². The van der Waals surface area contributed by atoms with Crippen molar-refractivity contribution in [2.75, 3.05) is 31.1 Å². The SMILES string of the molecule is CCC(C)(C)c1ccc(S(=O)(=O)N2CCN(c3ccccc3C#N)CC2)cc1. The zero-order valence-electron chi connectivity index (χ0n) is 16.7. The van der Waals surface area contributed by atoms with E-state index in [0.29, 0.717) is 36.6 Å². The zero-order chi connectivity index (χ0) is 20.4. The molecule has 0 bridgehead atoms. The first-order valence-corrected chi connectivity index (χ1v) is 11.1. The highest BCUT2D eigenvalue weighted by molar-refractivity contribution is 7.89. The van der Waals surface area contributed by atoms with Crippen molar-refractivity contribution in [3.05, 3.63) is 59.7 Å². The number of hydrogen-bond donors (Lipinski definition) is 0. The highest BCUT2D eigenvalue weighted by Gasteiger charge is 2.29. The van der Waals surface area contributed by atoms with Crippen LogP contribution in [0.15, 0.2) is 53.4 Å². The van der Waals surface area contributed by atoms with Crippen LogP contribution in [0.1, 0.15) is 38.3 Å². The Balaban J connectivity index is 1.74. The van der Waals surface area contributed by atoms with Gasteiger partial charge in [-0.15, -0.1) is 0 Å². The summed E-state index contributed by atoms with van der Waals surface area (Å²) in [6.45, 7) is 8.41. The predicted octanol–water partition coefficient (Wildman–Crippen LogP) is 3.76. The number of nitrogens with zero attached hydrogens (tertiary/aromatic N) is 3. The normalized spacial score (nSPS) is 16.0. The minimum Gasteiger partial charge on any atom is -0.368 e. The summed E-state index contributed by atoms with van der Waals surface area (Å²) in [6, 6.07) is 16.9. The highest BCUT2D eigenvalue weighted by Crippen LogP contribution is 2.29. The van der Waals surface area contributed by atoms with E-state index in [2.05, 4.69) is 31.7 Å². The fourth-order valence-corrected chi connectivity index (χ4v) is 4.87. The Kier molecular flexibility index (Phi) is 5.78. The number of nitriles is 1. The largest absolute Gasteiger partial charge is 0.368 e. The average Bonchev–Trinajstić information content (AvgIpc) is 2.74. The van der Waals surface area contributed by atoms with E-state index in [1.54, 1.807) is 22.5 Å². The maximum absolute atomic E-state index is 13.0. The van der Waals surface area contributed by atoms with E-state index < -0.39 is 10.0 Å². The molecular weight excluding hydrogens is 370 g/mol. The molecule has 2 aromatic rings. The summed E-state index contributed by atoms with van der Waals surface area (Å²) in [4.78, 5) is 2.42. The number of hydrogen-bond acceptors (Lipinski definition) is 4. The quantitative estimate of drug-likeness (QED) is 0.771. The molecule has 1 heterocycles. The Morgan fingerprint density at radius 3 is 2.18 bits per heavy atom. The molecule has 1 aliphatic rings. The van der Waals surface area contributed by atoms with Crippen LogP contribution >= 0.6 is 0 Å². The van der Waals surface area contributed by atoms with E-state index in [4.69, 9.17) is 0 Å². The lowest BCUT2D eigenvalue weighted by Crippen LogP contribution is -2.48. The van der Waals surface area contributed by atoms with Crippen LogP contribution < -0.4 is 4.90 Å². The van der Waals surface area contributed by atoms with Gasteiger partial charge in [0.15, 0.2) is 0 Å². The predicted molar refractivity (Wildman–Crippen MR) is 112 cm³/mol. The standard InChI is InChI=1S/C22H27N3O2S/c1-4-22(2,3)19-9-11-20(12-10-19)28(26,27)25-15-13-24(14-16-25)21-8-6-5-7-18(21)17-23/h5-12H,4,13-16H2,1-3H3. The van der Waals surface area contributed by atoms with Gasteiger partial charge in [-0.1, -0.05) is 45.0 Å². The van der Waals surface area contributed by atoms with Crippen LogP contribution in [0.25, 0.3) is 0 Å². The van der Waals surface area contributed by atoms with Crippen molar-refractivity contribution in [3.63, 3.8) is 0 Å². The van der Waals surface area contributed by atoms with Crippen LogP contribution in [-0.4, -0.2) is 38.9 Å². The molecule has 0 unspecified atom stereocenters. The number of sulfonamides is 1. The summed E-state index contributed by atoms with van der Waals surface area (Å²) in [5.74, 6) is 0. The molecule has 0 aliphatic carbocycles. The van der Waals surface area contributed by atoms with Crippen molar-refractivity contribution in [2.45, 2.75) is 37.5 Å². The van der Waals surface area contributed by atoms with Gasteiger partial charge in [-0.2, -0.15) is 9.57 Å². The lowest BCUT2D eigenvalue weighted by Gasteiger charge is -2.35. The van der Waals surface area contributed by atoms with Gasteiger partial charge in [0.2, 0.25) is 10.0 Å². The first-order valence-electron chi connectivity index (χ1n) is 9.64. The van der Waals surface area contributed by atoms with Gasteiger partial charge in [0.1, 0.15) is 6.07 Å². The van der Waals surface area contributed by atoms with Gasteiger partial charge < -0.3 is 4.90 Å².